The first-order valence-corrected chi connectivity index (χ1v) is 6.60. The van der Waals surface area contributed by atoms with E-state index >= 15 is 0 Å². The third-order valence-corrected chi connectivity index (χ3v) is 3.28. The summed E-state index contributed by atoms with van der Waals surface area (Å²) in [6.45, 7) is 0. The van der Waals surface area contributed by atoms with Crippen LogP contribution in [0.4, 0.5) is 0 Å². The number of aliphatic carboxylic acids is 1. The van der Waals surface area contributed by atoms with Gasteiger partial charge in [0.2, 0.25) is 0 Å². The maximum absolute atomic E-state index is 12.0. The average Bonchev–Trinajstić information content (AvgIpc) is 2.42. The lowest BCUT2D eigenvalue weighted by atomic mass is 10.1. The highest BCUT2D eigenvalue weighted by molar-refractivity contribution is 9.10. The fourth-order valence-corrected chi connectivity index (χ4v) is 1.97. The van der Waals surface area contributed by atoms with Crippen molar-refractivity contribution in [2.45, 2.75) is 18.9 Å². The van der Waals surface area contributed by atoms with Crippen molar-refractivity contribution in [3.8, 4) is 0 Å². The number of carboxylic acids is 1. The smallest absolute Gasteiger partial charge is 0.326 e. The van der Waals surface area contributed by atoms with Crippen LogP contribution in [0.5, 0.6) is 0 Å². The van der Waals surface area contributed by atoms with Gasteiger partial charge in [-0.05, 0) is 34.5 Å². The first-order valence-electron chi connectivity index (χ1n) is 5.80. The number of halogens is 1. The zero-order valence-corrected chi connectivity index (χ0v) is 12.3. The standard InChI is InChI=1S/C13H14BrNO5/c1-20-11(16)7-6-10(13(18)19)15-12(17)8-4-2-3-5-9(8)14/h2-5,10H,6-7H2,1H3,(H,15,17)(H,18,19). The van der Waals surface area contributed by atoms with Gasteiger partial charge in [-0.15, -0.1) is 0 Å². The van der Waals surface area contributed by atoms with Crippen molar-refractivity contribution in [2.75, 3.05) is 7.11 Å². The van der Waals surface area contributed by atoms with Gasteiger partial charge in [-0.3, -0.25) is 9.59 Å². The first kappa shape index (κ1) is 16.2. The van der Waals surface area contributed by atoms with Gasteiger partial charge >= 0.3 is 11.9 Å². The Morgan fingerprint density at radius 2 is 2.00 bits per heavy atom. The van der Waals surface area contributed by atoms with E-state index in [1.54, 1.807) is 24.3 Å². The largest absolute Gasteiger partial charge is 0.480 e. The van der Waals surface area contributed by atoms with Crippen LogP contribution in [0.2, 0.25) is 0 Å². The highest BCUT2D eigenvalue weighted by Crippen LogP contribution is 2.16. The lowest BCUT2D eigenvalue weighted by Crippen LogP contribution is -2.41. The monoisotopic (exact) mass is 343 g/mol. The van der Waals surface area contributed by atoms with Gasteiger partial charge in [0.05, 0.1) is 12.7 Å². The van der Waals surface area contributed by atoms with Gasteiger partial charge in [0.15, 0.2) is 0 Å². The van der Waals surface area contributed by atoms with Crippen molar-refractivity contribution in [3.05, 3.63) is 34.3 Å². The number of carbonyl (C=O) groups excluding carboxylic acids is 2. The van der Waals surface area contributed by atoms with Crippen LogP contribution < -0.4 is 5.32 Å². The number of benzene rings is 1. The second kappa shape index (κ2) is 7.64. The van der Waals surface area contributed by atoms with Crippen LogP contribution in [0.1, 0.15) is 23.2 Å². The molecule has 1 atom stereocenters. The number of hydrogen-bond acceptors (Lipinski definition) is 4. The fourth-order valence-electron chi connectivity index (χ4n) is 1.50. The van der Waals surface area contributed by atoms with Crippen molar-refractivity contribution >= 4 is 33.8 Å². The van der Waals surface area contributed by atoms with E-state index in [0.29, 0.717) is 10.0 Å². The molecule has 20 heavy (non-hydrogen) atoms. The molecule has 0 bridgehead atoms. The minimum Gasteiger partial charge on any atom is -0.480 e. The molecule has 1 rings (SSSR count). The summed E-state index contributed by atoms with van der Waals surface area (Å²) >= 11 is 3.21. The summed E-state index contributed by atoms with van der Waals surface area (Å²) < 4.78 is 5.00. The van der Waals surface area contributed by atoms with Crippen LogP contribution in [-0.4, -0.2) is 36.1 Å². The molecule has 0 saturated heterocycles. The summed E-state index contributed by atoms with van der Waals surface area (Å²) in [5.41, 5.74) is 0.330. The van der Waals surface area contributed by atoms with Crippen LogP contribution in [0.15, 0.2) is 28.7 Å². The third-order valence-electron chi connectivity index (χ3n) is 2.59. The minimum atomic E-state index is -1.20. The van der Waals surface area contributed by atoms with E-state index in [0.717, 1.165) is 0 Å². The zero-order chi connectivity index (χ0) is 15.1. The Balaban J connectivity index is 2.71. The van der Waals surface area contributed by atoms with Crippen molar-refractivity contribution in [3.63, 3.8) is 0 Å². The van der Waals surface area contributed by atoms with Crippen molar-refractivity contribution < 1.29 is 24.2 Å². The maximum atomic E-state index is 12.0. The molecule has 7 heteroatoms. The normalized spacial score (nSPS) is 11.5. The molecule has 6 nitrogen and oxygen atoms in total. The van der Waals surface area contributed by atoms with Gasteiger partial charge in [-0.25, -0.2) is 4.79 Å². The molecule has 0 saturated carbocycles. The Kier molecular flexibility index (Phi) is 6.17. The van der Waals surface area contributed by atoms with Crippen LogP contribution in [0.25, 0.3) is 0 Å². The van der Waals surface area contributed by atoms with Crippen LogP contribution in [0, 0.1) is 0 Å². The summed E-state index contributed by atoms with van der Waals surface area (Å²) in [4.78, 5) is 34.1. The number of methoxy groups -OCH3 is 1. The zero-order valence-electron chi connectivity index (χ0n) is 10.8. The second-order valence-corrected chi connectivity index (χ2v) is 4.81. The number of carboxylic acid groups (broad SMARTS) is 1. The molecule has 1 amide bonds. The number of nitrogens with one attached hydrogen (secondary N) is 1. The number of amides is 1. The quantitative estimate of drug-likeness (QED) is 0.765. The molecule has 0 aliphatic rings. The average molecular weight is 344 g/mol. The molecular formula is C13H14BrNO5. The molecule has 0 aromatic heterocycles. The lowest BCUT2D eigenvalue weighted by Gasteiger charge is -2.14. The van der Waals surface area contributed by atoms with Crippen molar-refractivity contribution in [2.24, 2.45) is 0 Å². The Labute approximate surface area is 124 Å². The molecule has 1 unspecified atom stereocenters. The van der Waals surface area contributed by atoms with Gasteiger partial charge in [0.1, 0.15) is 6.04 Å². The molecule has 108 valence electrons. The first-order chi connectivity index (χ1) is 9.45. The summed E-state index contributed by atoms with van der Waals surface area (Å²) in [6.07, 6.45) is -0.109. The molecular weight excluding hydrogens is 330 g/mol. The molecule has 0 aliphatic carbocycles. The highest BCUT2D eigenvalue weighted by atomic mass is 79.9. The number of esters is 1. The van der Waals surface area contributed by atoms with Gasteiger partial charge in [0, 0.05) is 10.9 Å². The van der Waals surface area contributed by atoms with E-state index in [4.69, 9.17) is 5.11 Å². The number of ether oxygens (including phenoxy) is 1. The highest BCUT2D eigenvalue weighted by Gasteiger charge is 2.22. The lowest BCUT2D eigenvalue weighted by molar-refractivity contribution is -0.142. The SMILES string of the molecule is COC(=O)CCC(NC(=O)c1ccccc1Br)C(=O)O. The van der Waals surface area contributed by atoms with Crippen LogP contribution in [-0.2, 0) is 14.3 Å². The number of rotatable bonds is 6. The van der Waals surface area contributed by atoms with Gasteiger partial charge in [-0.2, -0.15) is 0 Å². The van der Waals surface area contributed by atoms with Crippen molar-refractivity contribution in [1.29, 1.82) is 0 Å². The van der Waals surface area contributed by atoms with E-state index < -0.39 is 23.9 Å². The van der Waals surface area contributed by atoms with Gasteiger partial charge in [-0.1, -0.05) is 12.1 Å². The predicted molar refractivity (Wildman–Crippen MR) is 74.3 cm³/mol. The molecule has 0 fully saturated rings. The Morgan fingerprint density at radius 3 is 2.55 bits per heavy atom. The fraction of sp³-hybridized carbons (Fsp3) is 0.308. The van der Waals surface area contributed by atoms with E-state index in [9.17, 15) is 14.4 Å². The van der Waals surface area contributed by atoms with E-state index in [2.05, 4.69) is 26.0 Å². The molecule has 0 spiro atoms. The van der Waals surface area contributed by atoms with Crippen molar-refractivity contribution in [1.82, 2.24) is 5.32 Å². The molecule has 2 N–H and O–H groups in total. The summed E-state index contributed by atoms with van der Waals surface area (Å²) in [7, 11) is 1.22. The maximum Gasteiger partial charge on any atom is 0.326 e. The molecule has 0 aliphatic heterocycles. The Morgan fingerprint density at radius 1 is 1.35 bits per heavy atom. The summed E-state index contributed by atoms with van der Waals surface area (Å²) in [6, 6.07) is 5.52. The molecule has 0 heterocycles. The Bertz CT molecular complexity index is 517. The van der Waals surface area contributed by atoms with Crippen LogP contribution >= 0.6 is 15.9 Å². The number of carbonyl (C=O) groups is 3. The topological polar surface area (TPSA) is 92.7 Å². The van der Waals surface area contributed by atoms with Gasteiger partial charge < -0.3 is 15.2 Å². The Hall–Kier alpha value is -1.89. The number of hydrogen-bond donors (Lipinski definition) is 2. The summed E-state index contributed by atoms with van der Waals surface area (Å²) in [5, 5.41) is 11.4. The third kappa shape index (κ3) is 4.65. The molecule has 0 radical (unpaired) electrons. The van der Waals surface area contributed by atoms with E-state index in [1.807, 2.05) is 0 Å². The van der Waals surface area contributed by atoms with E-state index in [1.165, 1.54) is 7.11 Å². The summed E-state index contributed by atoms with van der Waals surface area (Å²) in [5.74, 6) is -2.24. The minimum absolute atomic E-state index is 0.0296. The van der Waals surface area contributed by atoms with E-state index in [-0.39, 0.29) is 12.8 Å². The van der Waals surface area contributed by atoms with Crippen LogP contribution in [0.3, 0.4) is 0 Å². The predicted octanol–water partition coefficient (Wildman–Crippen LogP) is 1.59. The molecule has 1 aromatic carbocycles. The molecule has 1 aromatic rings. The van der Waals surface area contributed by atoms with Gasteiger partial charge in [0.25, 0.3) is 5.91 Å². The second-order valence-electron chi connectivity index (χ2n) is 3.96.